The number of hydrogen-bond acceptors (Lipinski definition) is 2. The molecule has 1 fully saturated rings. The van der Waals surface area contributed by atoms with Crippen LogP contribution < -0.4 is 16.0 Å². The summed E-state index contributed by atoms with van der Waals surface area (Å²) in [5.41, 5.74) is 0.944. The van der Waals surface area contributed by atoms with Crippen LogP contribution in [-0.2, 0) is 11.2 Å². The van der Waals surface area contributed by atoms with Gasteiger partial charge in [-0.05, 0) is 37.0 Å². The quantitative estimate of drug-likeness (QED) is 0.265. The molecule has 2 rings (SSSR count). The maximum absolute atomic E-state index is 13.1. The van der Waals surface area contributed by atoms with Crippen LogP contribution in [0.4, 0.5) is 4.39 Å². The van der Waals surface area contributed by atoms with Gasteiger partial charge in [-0.2, -0.15) is 0 Å². The van der Waals surface area contributed by atoms with E-state index in [-0.39, 0.29) is 41.6 Å². The third kappa shape index (κ3) is 7.62. The zero-order chi connectivity index (χ0) is 15.8. The standard InChI is InChI=1S/C16H23FN4O.HI/c1-18-16(21-10-9-19-15(22)13-5-6-13)20-8-7-12-3-2-4-14(17)11-12;/h2-4,11,13H,5-10H2,1H3,(H,19,22)(H2,18,20,21);1H. The van der Waals surface area contributed by atoms with Gasteiger partial charge in [-0.15, -0.1) is 24.0 Å². The lowest BCUT2D eigenvalue weighted by Crippen LogP contribution is -2.42. The van der Waals surface area contributed by atoms with Crippen molar-refractivity contribution >= 4 is 35.8 Å². The van der Waals surface area contributed by atoms with E-state index in [1.807, 2.05) is 6.07 Å². The van der Waals surface area contributed by atoms with E-state index in [4.69, 9.17) is 0 Å². The second-order valence-electron chi connectivity index (χ2n) is 5.37. The summed E-state index contributed by atoms with van der Waals surface area (Å²) in [7, 11) is 1.69. The largest absolute Gasteiger partial charge is 0.356 e. The van der Waals surface area contributed by atoms with Crippen LogP contribution in [0.15, 0.2) is 29.3 Å². The number of hydrogen-bond donors (Lipinski definition) is 3. The van der Waals surface area contributed by atoms with Crippen LogP contribution in [0, 0.1) is 11.7 Å². The van der Waals surface area contributed by atoms with Crippen molar-refractivity contribution in [2.75, 3.05) is 26.7 Å². The van der Waals surface area contributed by atoms with Gasteiger partial charge in [-0.3, -0.25) is 9.79 Å². The maximum atomic E-state index is 13.1. The highest BCUT2D eigenvalue weighted by Crippen LogP contribution is 2.28. The van der Waals surface area contributed by atoms with Crippen LogP contribution in [0.25, 0.3) is 0 Å². The lowest BCUT2D eigenvalue weighted by molar-refractivity contribution is -0.122. The van der Waals surface area contributed by atoms with E-state index in [1.54, 1.807) is 13.1 Å². The number of guanidine groups is 1. The molecule has 1 aromatic rings. The summed E-state index contributed by atoms with van der Waals surface area (Å²) in [5.74, 6) is 0.850. The molecule has 23 heavy (non-hydrogen) atoms. The van der Waals surface area contributed by atoms with Crippen LogP contribution in [0.1, 0.15) is 18.4 Å². The zero-order valence-corrected chi connectivity index (χ0v) is 15.6. The fraction of sp³-hybridized carbons (Fsp3) is 0.500. The first-order chi connectivity index (χ1) is 10.7. The van der Waals surface area contributed by atoms with Crippen LogP contribution >= 0.6 is 24.0 Å². The van der Waals surface area contributed by atoms with E-state index in [2.05, 4.69) is 20.9 Å². The van der Waals surface area contributed by atoms with Gasteiger partial charge in [0.05, 0.1) is 0 Å². The van der Waals surface area contributed by atoms with E-state index in [1.165, 1.54) is 12.1 Å². The normalized spacial score (nSPS) is 13.9. The molecule has 7 heteroatoms. The minimum atomic E-state index is -0.216. The minimum absolute atomic E-state index is 0. The Hall–Kier alpha value is -1.38. The monoisotopic (exact) mass is 434 g/mol. The first kappa shape index (κ1) is 19.7. The van der Waals surface area contributed by atoms with Gasteiger partial charge in [0.15, 0.2) is 5.96 Å². The highest BCUT2D eigenvalue weighted by Gasteiger charge is 2.28. The van der Waals surface area contributed by atoms with E-state index in [0.717, 1.165) is 24.8 Å². The molecule has 1 saturated carbocycles. The van der Waals surface area contributed by atoms with Crippen molar-refractivity contribution in [1.82, 2.24) is 16.0 Å². The highest BCUT2D eigenvalue weighted by atomic mass is 127. The van der Waals surface area contributed by atoms with E-state index in [0.29, 0.717) is 25.6 Å². The molecule has 0 saturated heterocycles. The number of carbonyl (C=O) groups excluding carboxylic acids is 1. The number of amides is 1. The number of halogens is 2. The number of nitrogens with zero attached hydrogens (tertiary/aromatic N) is 1. The molecule has 1 aromatic carbocycles. The van der Waals surface area contributed by atoms with Crippen molar-refractivity contribution in [3.63, 3.8) is 0 Å². The second kappa shape index (κ2) is 10.4. The molecule has 1 aliphatic rings. The summed E-state index contributed by atoms with van der Waals surface area (Å²) in [6.07, 6.45) is 2.75. The lowest BCUT2D eigenvalue weighted by atomic mass is 10.1. The van der Waals surface area contributed by atoms with Gasteiger partial charge in [0, 0.05) is 32.6 Å². The molecule has 0 atom stereocenters. The Morgan fingerprint density at radius 2 is 1.91 bits per heavy atom. The van der Waals surface area contributed by atoms with Crippen molar-refractivity contribution in [1.29, 1.82) is 0 Å². The molecular formula is C16H24FIN4O. The first-order valence-corrected chi connectivity index (χ1v) is 7.65. The summed E-state index contributed by atoms with van der Waals surface area (Å²) < 4.78 is 13.1. The topological polar surface area (TPSA) is 65.5 Å². The lowest BCUT2D eigenvalue weighted by Gasteiger charge is -2.12. The molecule has 0 spiro atoms. The van der Waals surface area contributed by atoms with Crippen molar-refractivity contribution in [3.8, 4) is 0 Å². The van der Waals surface area contributed by atoms with Gasteiger partial charge < -0.3 is 16.0 Å². The van der Waals surface area contributed by atoms with Gasteiger partial charge in [-0.25, -0.2) is 4.39 Å². The molecule has 5 nitrogen and oxygen atoms in total. The molecule has 3 N–H and O–H groups in total. The van der Waals surface area contributed by atoms with Crippen LogP contribution in [-0.4, -0.2) is 38.5 Å². The SMILES string of the molecule is CN=C(NCCNC(=O)C1CC1)NCCc1cccc(F)c1.I. The second-order valence-corrected chi connectivity index (χ2v) is 5.37. The number of aliphatic imine (C=N–C) groups is 1. The molecule has 0 bridgehead atoms. The molecule has 0 aliphatic heterocycles. The molecule has 0 aromatic heterocycles. The van der Waals surface area contributed by atoms with Gasteiger partial charge in [0.2, 0.25) is 5.91 Å². The average Bonchev–Trinajstić information content (AvgIpc) is 3.34. The van der Waals surface area contributed by atoms with Gasteiger partial charge >= 0.3 is 0 Å². The van der Waals surface area contributed by atoms with E-state index >= 15 is 0 Å². The number of rotatable bonds is 7. The summed E-state index contributed by atoms with van der Waals surface area (Å²) in [6.45, 7) is 1.87. The predicted molar refractivity (Wildman–Crippen MR) is 101 cm³/mol. The molecule has 0 radical (unpaired) electrons. The average molecular weight is 434 g/mol. The molecule has 1 amide bonds. The fourth-order valence-electron chi connectivity index (χ4n) is 2.09. The Kier molecular flexibility index (Phi) is 8.90. The molecule has 1 aliphatic carbocycles. The third-order valence-corrected chi connectivity index (χ3v) is 3.48. The van der Waals surface area contributed by atoms with E-state index < -0.39 is 0 Å². The maximum Gasteiger partial charge on any atom is 0.223 e. The van der Waals surface area contributed by atoms with Gasteiger partial charge in [0.1, 0.15) is 5.82 Å². The Morgan fingerprint density at radius 3 is 2.57 bits per heavy atom. The predicted octanol–water partition coefficient (Wildman–Crippen LogP) is 1.68. The Labute approximate surface area is 153 Å². The third-order valence-electron chi connectivity index (χ3n) is 3.48. The van der Waals surface area contributed by atoms with Crippen molar-refractivity contribution in [2.45, 2.75) is 19.3 Å². The molecule has 128 valence electrons. The Morgan fingerprint density at radius 1 is 1.22 bits per heavy atom. The Balaban J connectivity index is 0.00000264. The first-order valence-electron chi connectivity index (χ1n) is 7.65. The molecular weight excluding hydrogens is 410 g/mol. The van der Waals surface area contributed by atoms with Crippen LogP contribution in [0.3, 0.4) is 0 Å². The van der Waals surface area contributed by atoms with Crippen molar-refractivity contribution < 1.29 is 9.18 Å². The number of benzene rings is 1. The highest BCUT2D eigenvalue weighted by molar-refractivity contribution is 14.0. The van der Waals surface area contributed by atoms with Crippen LogP contribution in [0.2, 0.25) is 0 Å². The Bertz CT molecular complexity index is 535. The summed E-state index contributed by atoms with van der Waals surface area (Å²) in [6, 6.07) is 6.58. The fourth-order valence-corrected chi connectivity index (χ4v) is 2.09. The van der Waals surface area contributed by atoms with Gasteiger partial charge in [-0.1, -0.05) is 12.1 Å². The van der Waals surface area contributed by atoms with Crippen molar-refractivity contribution in [2.24, 2.45) is 10.9 Å². The summed E-state index contributed by atoms with van der Waals surface area (Å²) in [5, 5.41) is 9.18. The zero-order valence-electron chi connectivity index (χ0n) is 13.3. The summed E-state index contributed by atoms with van der Waals surface area (Å²) in [4.78, 5) is 15.6. The van der Waals surface area contributed by atoms with Crippen LogP contribution in [0.5, 0.6) is 0 Å². The van der Waals surface area contributed by atoms with E-state index in [9.17, 15) is 9.18 Å². The summed E-state index contributed by atoms with van der Waals surface area (Å²) >= 11 is 0. The smallest absolute Gasteiger partial charge is 0.223 e. The number of carbonyl (C=O) groups is 1. The van der Waals surface area contributed by atoms with Gasteiger partial charge in [0.25, 0.3) is 0 Å². The van der Waals surface area contributed by atoms with Crippen molar-refractivity contribution in [3.05, 3.63) is 35.6 Å². The molecule has 0 unspecified atom stereocenters. The number of nitrogens with one attached hydrogen (secondary N) is 3. The minimum Gasteiger partial charge on any atom is -0.356 e. The molecule has 0 heterocycles.